The minimum atomic E-state index is -0.142. The fourth-order valence-corrected chi connectivity index (χ4v) is 1.15. The van der Waals surface area contributed by atoms with Gasteiger partial charge in [0.05, 0.1) is 12.0 Å². The molecule has 0 spiro atoms. The highest BCUT2D eigenvalue weighted by molar-refractivity contribution is 6.07. The van der Waals surface area contributed by atoms with Gasteiger partial charge < -0.3 is 4.48 Å². The molecule has 2 rings (SSSR count). The molecule has 0 saturated carbocycles. The highest BCUT2D eigenvalue weighted by atomic mass is 16.1. The van der Waals surface area contributed by atoms with Crippen LogP contribution in [0.4, 0.5) is 5.82 Å². The van der Waals surface area contributed by atoms with Crippen LogP contribution in [-0.4, -0.2) is 29.5 Å². The Balaban J connectivity index is 2.86. The Bertz CT molecular complexity index is 537. The van der Waals surface area contributed by atoms with Gasteiger partial charge >= 0.3 is 0 Å². The highest BCUT2D eigenvalue weighted by Crippen LogP contribution is 2.10. The molecule has 1 aromatic heterocycles. The summed E-state index contributed by atoms with van der Waals surface area (Å²) in [6.07, 6.45) is 2.85. The van der Waals surface area contributed by atoms with E-state index in [1.165, 1.54) is 16.9 Å². The van der Waals surface area contributed by atoms with E-state index in [4.69, 9.17) is 0 Å². The summed E-state index contributed by atoms with van der Waals surface area (Å²) in [5, 5.41) is 0. The summed E-state index contributed by atoms with van der Waals surface area (Å²) in [5.74, 6) is 3.57. The van der Waals surface area contributed by atoms with E-state index in [0.29, 0.717) is 17.2 Å². The zero-order chi connectivity index (χ0) is 10.1. The third-order valence-corrected chi connectivity index (χ3v) is 2.04. The van der Waals surface area contributed by atoms with Crippen molar-refractivity contribution in [2.24, 2.45) is 9.98 Å². The molecule has 0 aromatic carbocycles. The Morgan fingerprint density at radius 2 is 2.36 bits per heavy atom. The maximum absolute atomic E-state index is 11.7. The Morgan fingerprint density at radius 1 is 1.57 bits per heavy atom. The number of nitrogens with zero attached hydrogens (tertiary/aromatic N) is 4. The summed E-state index contributed by atoms with van der Waals surface area (Å²) in [6.45, 7) is 1.75. The first-order chi connectivity index (χ1) is 6.70. The van der Waals surface area contributed by atoms with Crippen molar-refractivity contribution in [3.05, 3.63) is 27.9 Å². The van der Waals surface area contributed by atoms with Crippen LogP contribution in [0.5, 0.6) is 0 Å². The van der Waals surface area contributed by atoms with Crippen LogP contribution < -0.4 is 5.56 Å². The highest BCUT2D eigenvalue weighted by Gasteiger charge is 2.10. The lowest BCUT2D eigenvalue weighted by Gasteiger charge is -2.05. The molecule has 0 bridgehead atoms. The number of aryl methyl sites for hydroxylation is 1. The SMILES string of the molecule is Bn1c(C)nc2c(c1=O)C=NC=C=N2. The van der Waals surface area contributed by atoms with Crippen LogP contribution in [0.2, 0.25) is 0 Å². The number of rotatable bonds is 0. The van der Waals surface area contributed by atoms with E-state index in [-0.39, 0.29) is 5.56 Å². The summed E-state index contributed by atoms with van der Waals surface area (Å²) < 4.78 is 1.46. The molecule has 1 aromatic rings. The van der Waals surface area contributed by atoms with Crippen LogP contribution >= 0.6 is 0 Å². The lowest BCUT2D eigenvalue weighted by atomic mass is 10.2. The molecule has 1 aliphatic heterocycles. The lowest BCUT2D eigenvalue weighted by molar-refractivity contribution is 0.949. The van der Waals surface area contributed by atoms with Gasteiger partial charge in [-0.25, -0.2) is 4.98 Å². The fourth-order valence-electron chi connectivity index (χ4n) is 1.15. The molecule has 6 heteroatoms. The summed E-state index contributed by atoms with van der Waals surface area (Å²) in [5.41, 5.74) is 0.261. The van der Waals surface area contributed by atoms with Gasteiger partial charge in [0.25, 0.3) is 5.56 Å². The third kappa shape index (κ3) is 1.22. The van der Waals surface area contributed by atoms with Crippen LogP contribution in [-0.2, 0) is 0 Å². The molecule has 14 heavy (non-hydrogen) atoms. The van der Waals surface area contributed by atoms with Gasteiger partial charge in [-0.1, -0.05) is 0 Å². The first-order valence-corrected chi connectivity index (χ1v) is 4.09. The monoisotopic (exact) mass is 186 g/mol. The molecular weight excluding hydrogens is 179 g/mol. The molecular formula is C8H7BN4O. The van der Waals surface area contributed by atoms with Crippen LogP contribution in [0, 0.1) is 6.92 Å². The van der Waals surface area contributed by atoms with Crippen molar-refractivity contribution in [1.82, 2.24) is 9.46 Å². The van der Waals surface area contributed by atoms with Gasteiger partial charge in [0.2, 0.25) is 7.98 Å². The minimum Gasteiger partial charge on any atom is -0.350 e. The summed E-state index contributed by atoms with van der Waals surface area (Å²) >= 11 is 0. The van der Waals surface area contributed by atoms with Crippen molar-refractivity contribution >= 4 is 25.9 Å². The molecule has 0 N–H and O–H groups in total. The Kier molecular flexibility index (Phi) is 1.91. The summed E-state index contributed by atoms with van der Waals surface area (Å²) in [7, 11) is 1.67. The predicted octanol–water partition coefficient (Wildman–Crippen LogP) is -0.805. The first kappa shape index (κ1) is 8.65. The topological polar surface area (TPSA) is 59.6 Å². The van der Waals surface area contributed by atoms with Crippen LogP contribution in [0.1, 0.15) is 11.4 Å². The average molecular weight is 186 g/mol. The molecule has 0 saturated heterocycles. The third-order valence-electron chi connectivity index (χ3n) is 2.04. The van der Waals surface area contributed by atoms with Crippen LogP contribution in [0.3, 0.4) is 0 Å². The molecule has 0 unspecified atom stereocenters. The van der Waals surface area contributed by atoms with E-state index in [1.807, 2.05) is 0 Å². The smallest absolute Gasteiger partial charge is 0.251 e. The van der Waals surface area contributed by atoms with Gasteiger partial charge in [-0.15, -0.1) is 0 Å². The van der Waals surface area contributed by atoms with E-state index < -0.39 is 0 Å². The zero-order valence-electron chi connectivity index (χ0n) is 7.85. The molecule has 68 valence electrons. The standard InChI is InChI=1S/C8H7BN4O/c1-5-12-7-6(8(14)13(5)9)4-10-2-3-11-7/h2,4H,9H2,1H3. The average Bonchev–Trinajstić information content (AvgIpc) is 2.39. The molecule has 0 radical (unpaired) electrons. The Morgan fingerprint density at radius 3 is 3.14 bits per heavy atom. The predicted molar refractivity (Wildman–Crippen MR) is 56.4 cm³/mol. The van der Waals surface area contributed by atoms with Gasteiger partial charge in [0.15, 0.2) is 5.82 Å². The fraction of sp³-hybridized carbons (Fsp3) is 0.125. The maximum Gasteiger partial charge on any atom is 0.251 e. The number of aromatic nitrogens is 2. The summed E-state index contributed by atoms with van der Waals surface area (Å²) in [4.78, 5) is 23.6. The minimum absolute atomic E-state index is 0.142. The molecule has 1 aliphatic rings. The molecule has 2 heterocycles. The second-order valence-electron chi connectivity index (χ2n) is 2.91. The van der Waals surface area contributed by atoms with E-state index in [9.17, 15) is 4.79 Å². The molecule has 0 aliphatic carbocycles. The van der Waals surface area contributed by atoms with Gasteiger partial charge in [0, 0.05) is 12.1 Å². The second-order valence-corrected chi connectivity index (χ2v) is 2.91. The Hall–Kier alpha value is -1.94. The van der Waals surface area contributed by atoms with E-state index >= 15 is 0 Å². The Labute approximate surface area is 81.0 Å². The first-order valence-electron chi connectivity index (χ1n) is 4.09. The van der Waals surface area contributed by atoms with Gasteiger partial charge in [-0.05, 0) is 6.92 Å². The quantitative estimate of drug-likeness (QED) is 0.497. The zero-order valence-corrected chi connectivity index (χ0v) is 7.85. The number of aliphatic imine (C=N–C) groups is 2. The van der Waals surface area contributed by atoms with Gasteiger partial charge in [-0.2, -0.15) is 4.99 Å². The number of hydrogen-bond donors (Lipinski definition) is 0. The largest absolute Gasteiger partial charge is 0.350 e. The van der Waals surface area contributed by atoms with Crippen molar-refractivity contribution < 1.29 is 0 Å². The van der Waals surface area contributed by atoms with Crippen LogP contribution in [0.25, 0.3) is 0 Å². The van der Waals surface area contributed by atoms with Crippen molar-refractivity contribution in [1.29, 1.82) is 0 Å². The van der Waals surface area contributed by atoms with Crippen molar-refractivity contribution in [3.63, 3.8) is 0 Å². The van der Waals surface area contributed by atoms with Crippen molar-refractivity contribution in [2.75, 3.05) is 0 Å². The number of fused-ring (bicyclic) bond motifs is 1. The van der Waals surface area contributed by atoms with Gasteiger partial charge in [-0.3, -0.25) is 9.79 Å². The second kappa shape index (κ2) is 3.08. The van der Waals surface area contributed by atoms with Crippen LogP contribution in [0.15, 0.2) is 21.0 Å². The van der Waals surface area contributed by atoms with E-state index in [0.717, 1.165) is 0 Å². The molecule has 5 nitrogen and oxygen atoms in total. The van der Waals surface area contributed by atoms with E-state index in [2.05, 4.69) is 20.8 Å². The maximum atomic E-state index is 11.7. The molecule has 0 fully saturated rings. The number of hydrogen-bond acceptors (Lipinski definition) is 4. The molecule has 0 atom stereocenters. The van der Waals surface area contributed by atoms with Crippen molar-refractivity contribution in [2.45, 2.75) is 6.92 Å². The normalized spacial score (nSPS) is 12.6. The summed E-state index contributed by atoms with van der Waals surface area (Å²) in [6, 6.07) is 0. The molecule has 0 amide bonds. The lowest BCUT2D eigenvalue weighted by Crippen LogP contribution is -2.25. The van der Waals surface area contributed by atoms with Crippen molar-refractivity contribution in [3.8, 4) is 0 Å². The van der Waals surface area contributed by atoms with E-state index in [1.54, 1.807) is 14.9 Å². The van der Waals surface area contributed by atoms with Gasteiger partial charge in [0.1, 0.15) is 5.56 Å².